The van der Waals surface area contributed by atoms with Crippen molar-refractivity contribution in [2.75, 3.05) is 33.1 Å². The van der Waals surface area contributed by atoms with Crippen LogP contribution >= 0.6 is 11.6 Å². The third kappa shape index (κ3) is 5.34. The number of carbonyl (C=O) groups is 1. The summed E-state index contributed by atoms with van der Waals surface area (Å²) in [5.74, 6) is 0.508. The Morgan fingerprint density at radius 1 is 1.16 bits per heavy atom. The molecule has 0 saturated heterocycles. The van der Waals surface area contributed by atoms with Gasteiger partial charge in [0.25, 0.3) is 0 Å². The Morgan fingerprint density at radius 2 is 1.84 bits per heavy atom. The molecule has 134 valence electrons. The molecule has 0 bridgehead atoms. The molecule has 1 amide bonds. The maximum atomic E-state index is 13.4. The Balaban J connectivity index is 2.01. The monoisotopic (exact) mass is 366 g/mol. The molecule has 7 heteroatoms. The number of rotatable bonds is 7. The van der Waals surface area contributed by atoms with Gasteiger partial charge in [0.15, 0.2) is 0 Å². The average Bonchev–Trinajstić information content (AvgIpc) is 2.55. The maximum absolute atomic E-state index is 13.4. The molecule has 0 aromatic heterocycles. The molecule has 2 aromatic rings. The number of nitrogens with one attached hydrogen (secondary N) is 1. The molecule has 25 heavy (non-hydrogen) atoms. The predicted molar refractivity (Wildman–Crippen MR) is 95.9 cm³/mol. The van der Waals surface area contributed by atoms with Gasteiger partial charge in [0, 0.05) is 17.1 Å². The second-order valence-electron chi connectivity index (χ2n) is 5.52. The Kier molecular flexibility index (Phi) is 6.61. The van der Waals surface area contributed by atoms with Crippen molar-refractivity contribution in [1.82, 2.24) is 4.90 Å². The van der Waals surface area contributed by atoms with Gasteiger partial charge in [-0.2, -0.15) is 0 Å². The van der Waals surface area contributed by atoms with Gasteiger partial charge in [-0.1, -0.05) is 11.6 Å². The van der Waals surface area contributed by atoms with E-state index in [1.807, 2.05) is 0 Å². The first-order valence-corrected chi connectivity index (χ1v) is 7.95. The molecule has 5 nitrogen and oxygen atoms in total. The first kappa shape index (κ1) is 19.0. The molecule has 0 heterocycles. The number of anilines is 1. The normalized spacial score (nSPS) is 10.6. The van der Waals surface area contributed by atoms with Crippen LogP contribution in [0.1, 0.15) is 5.56 Å². The van der Waals surface area contributed by atoms with Gasteiger partial charge in [-0.05, 0) is 43.4 Å². The summed E-state index contributed by atoms with van der Waals surface area (Å²) in [6.45, 7) is 0.469. The quantitative estimate of drug-likeness (QED) is 0.814. The van der Waals surface area contributed by atoms with Crippen molar-refractivity contribution < 1.29 is 18.7 Å². The highest BCUT2D eigenvalue weighted by Gasteiger charge is 2.13. The fraction of sp³-hybridized carbons (Fsp3) is 0.278. The van der Waals surface area contributed by atoms with E-state index in [1.54, 1.807) is 36.2 Å². The number of nitrogens with zero attached hydrogens (tertiary/aromatic N) is 1. The van der Waals surface area contributed by atoms with Gasteiger partial charge in [0.05, 0.1) is 26.5 Å². The highest BCUT2D eigenvalue weighted by Crippen LogP contribution is 2.27. The van der Waals surface area contributed by atoms with E-state index >= 15 is 0 Å². The van der Waals surface area contributed by atoms with Crippen molar-refractivity contribution in [2.45, 2.75) is 6.54 Å². The van der Waals surface area contributed by atoms with Crippen molar-refractivity contribution in [1.29, 1.82) is 0 Å². The summed E-state index contributed by atoms with van der Waals surface area (Å²) in [7, 11) is 4.80. The number of halogens is 2. The van der Waals surface area contributed by atoms with Gasteiger partial charge in [0.1, 0.15) is 17.3 Å². The summed E-state index contributed by atoms with van der Waals surface area (Å²) in [5.41, 5.74) is 1.16. The number of methoxy groups -OCH3 is 2. The van der Waals surface area contributed by atoms with E-state index in [9.17, 15) is 9.18 Å². The van der Waals surface area contributed by atoms with Gasteiger partial charge < -0.3 is 14.8 Å². The first-order valence-electron chi connectivity index (χ1n) is 7.57. The fourth-order valence-electron chi connectivity index (χ4n) is 2.43. The number of likely N-dealkylation sites (N-methyl/N-ethyl adjacent to an activating group) is 1. The zero-order valence-corrected chi connectivity index (χ0v) is 15.1. The molecule has 0 fully saturated rings. The largest absolute Gasteiger partial charge is 0.496 e. The molecule has 0 aliphatic heterocycles. The van der Waals surface area contributed by atoms with Crippen LogP contribution < -0.4 is 14.8 Å². The molecule has 2 aromatic carbocycles. The lowest BCUT2D eigenvalue weighted by Crippen LogP contribution is -2.30. The minimum Gasteiger partial charge on any atom is -0.496 e. The van der Waals surface area contributed by atoms with Crippen LogP contribution in [0.3, 0.4) is 0 Å². The van der Waals surface area contributed by atoms with Gasteiger partial charge >= 0.3 is 0 Å². The molecule has 0 radical (unpaired) electrons. The number of carbonyl (C=O) groups excluding carboxylic acids is 1. The molecule has 0 aliphatic carbocycles. The highest BCUT2D eigenvalue weighted by atomic mass is 35.5. The minimum absolute atomic E-state index is 0.106. The highest BCUT2D eigenvalue weighted by molar-refractivity contribution is 6.31. The molecule has 2 rings (SSSR count). The topological polar surface area (TPSA) is 50.8 Å². The summed E-state index contributed by atoms with van der Waals surface area (Å²) < 4.78 is 23.8. The van der Waals surface area contributed by atoms with Gasteiger partial charge in [-0.3, -0.25) is 9.69 Å². The summed E-state index contributed by atoms with van der Waals surface area (Å²) in [5, 5.41) is 3.26. The fourth-order valence-corrected chi connectivity index (χ4v) is 2.60. The van der Waals surface area contributed by atoms with E-state index < -0.39 is 0 Å². The van der Waals surface area contributed by atoms with Gasteiger partial charge in [-0.15, -0.1) is 0 Å². The van der Waals surface area contributed by atoms with E-state index in [4.69, 9.17) is 21.1 Å². The summed E-state index contributed by atoms with van der Waals surface area (Å²) in [6.07, 6.45) is 0. The molecular weight excluding hydrogens is 347 g/mol. The number of ether oxygens (including phenoxy) is 2. The Bertz CT molecular complexity index is 755. The number of amides is 1. The number of benzene rings is 2. The van der Waals surface area contributed by atoms with E-state index in [-0.39, 0.29) is 18.3 Å². The SMILES string of the molecule is COc1ccc(F)cc1CN(C)CC(=O)Nc1cc(Cl)ccc1OC. The van der Waals surface area contributed by atoms with E-state index in [0.29, 0.717) is 34.3 Å². The molecule has 0 unspecified atom stereocenters. The van der Waals surface area contributed by atoms with Crippen LogP contribution in [0.2, 0.25) is 5.02 Å². The van der Waals surface area contributed by atoms with Crippen LogP contribution in [0.15, 0.2) is 36.4 Å². The van der Waals surface area contributed by atoms with Crippen molar-refractivity contribution in [3.63, 3.8) is 0 Å². The second-order valence-corrected chi connectivity index (χ2v) is 5.96. The molecule has 1 N–H and O–H groups in total. The van der Waals surface area contributed by atoms with Crippen LogP contribution in [-0.2, 0) is 11.3 Å². The third-order valence-electron chi connectivity index (χ3n) is 3.53. The zero-order valence-electron chi connectivity index (χ0n) is 14.3. The first-order chi connectivity index (χ1) is 11.9. The molecular formula is C18H20ClFN2O3. The Hall–Kier alpha value is -2.31. The minimum atomic E-state index is -0.350. The number of hydrogen-bond acceptors (Lipinski definition) is 4. The lowest BCUT2D eigenvalue weighted by Gasteiger charge is -2.18. The summed E-state index contributed by atoms with van der Waals surface area (Å²) in [4.78, 5) is 14.0. The smallest absolute Gasteiger partial charge is 0.238 e. The van der Waals surface area contributed by atoms with Crippen molar-refractivity contribution >= 4 is 23.2 Å². The van der Waals surface area contributed by atoms with Crippen molar-refractivity contribution in [3.8, 4) is 11.5 Å². The van der Waals surface area contributed by atoms with Crippen molar-refractivity contribution in [2.24, 2.45) is 0 Å². The molecule has 0 spiro atoms. The maximum Gasteiger partial charge on any atom is 0.238 e. The third-order valence-corrected chi connectivity index (χ3v) is 3.77. The molecule has 0 saturated carbocycles. The van der Waals surface area contributed by atoms with Crippen LogP contribution in [0.25, 0.3) is 0 Å². The standard InChI is InChI=1S/C18H20ClFN2O3/c1-22(10-12-8-14(20)5-7-16(12)24-2)11-18(23)21-15-9-13(19)4-6-17(15)25-3/h4-9H,10-11H2,1-3H3,(H,21,23). The van der Waals surface area contributed by atoms with Crippen LogP contribution in [0.5, 0.6) is 11.5 Å². The Labute approximate surface area is 151 Å². The lowest BCUT2D eigenvalue weighted by atomic mass is 10.2. The summed E-state index contributed by atoms with van der Waals surface area (Å²) >= 11 is 5.95. The van der Waals surface area contributed by atoms with Gasteiger partial charge in [0.2, 0.25) is 5.91 Å². The van der Waals surface area contributed by atoms with Crippen LogP contribution in [-0.4, -0.2) is 38.6 Å². The van der Waals surface area contributed by atoms with Gasteiger partial charge in [-0.25, -0.2) is 4.39 Å². The number of hydrogen-bond donors (Lipinski definition) is 1. The molecule has 0 atom stereocenters. The average molecular weight is 367 g/mol. The van der Waals surface area contributed by atoms with Crippen LogP contribution in [0, 0.1) is 5.82 Å². The van der Waals surface area contributed by atoms with E-state index in [0.717, 1.165) is 0 Å². The van der Waals surface area contributed by atoms with E-state index in [2.05, 4.69) is 5.32 Å². The second kappa shape index (κ2) is 8.69. The predicted octanol–water partition coefficient (Wildman–Crippen LogP) is 3.57. The van der Waals surface area contributed by atoms with E-state index in [1.165, 1.54) is 26.4 Å². The lowest BCUT2D eigenvalue weighted by molar-refractivity contribution is -0.117. The van der Waals surface area contributed by atoms with Crippen molar-refractivity contribution in [3.05, 3.63) is 52.8 Å². The Morgan fingerprint density at radius 3 is 2.52 bits per heavy atom. The van der Waals surface area contributed by atoms with Crippen LogP contribution in [0.4, 0.5) is 10.1 Å². The molecule has 0 aliphatic rings. The zero-order chi connectivity index (χ0) is 18.4. The summed E-state index contributed by atoms with van der Waals surface area (Å²) in [6, 6.07) is 9.27.